The van der Waals surface area contributed by atoms with Gasteiger partial charge < -0.3 is 14.8 Å². The van der Waals surface area contributed by atoms with Crippen molar-refractivity contribution in [2.45, 2.75) is 33.7 Å². The molecule has 0 atom stereocenters. The average Bonchev–Trinajstić information content (AvgIpc) is 2.37. The number of hydrogen-bond donors (Lipinski definition) is 1. The normalized spacial score (nSPS) is 10.8. The van der Waals surface area contributed by atoms with Crippen LogP contribution in [-0.2, 0) is 6.54 Å². The van der Waals surface area contributed by atoms with E-state index in [-0.39, 0.29) is 0 Å². The van der Waals surface area contributed by atoms with Gasteiger partial charge in [-0.1, -0.05) is 25.4 Å². The number of hydrogen-bond acceptors (Lipinski definition) is 3. The van der Waals surface area contributed by atoms with E-state index in [1.54, 1.807) is 7.11 Å². The SMILES string of the molecule is CCOc1cc(CNCCC(C)C)c(Cl)cc1OC. The molecule has 0 aliphatic rings. The largest absolute Gasteiger partial charge is 0.493 e. The van der Waals surface area contributed by atoms with Crippen LogP contribution in [0.25, 0.3) is 0 Å². The maximum atomic E-state index is 6.25. The number of methoxy groups -OCH3 is 1. The van der Waals surface area contributed by atoms with E-state index >= 15 is 0 Å². The van der Waals surface area contributed by atoms with Crippen molar-refractivity contribution < 1.29 is 9.47 Å². The second-order valence-corrected chi connectivity index (χ2v) is 5.29. The zero-order valence-electron chi connectivity index (χ0n) is 12.3. The van der Waals surface area contributed by atoms with Crippen molar-refractivity contribution in [1.29, 1.82) is 0 Å². The number of rotatable bonds is 8. The van der Waals surface area contributed by atoms with Crippen LogP contribution in [0.2, 0.25) is 5.02 Å². The summed E-state index contributed by atoms with van der Waals surface area (Å²) in [5.41, 5.74) is 1.04. The van der Waals surface area contributed by atoms with Crippen LogP contribution in [0.4, 0.5) is 0 Å². The predicted molar refractivity (Wildman–Crippen MR) is 80.3 cm³/mol. The Morgan fingerprint density at radius 2 is 2.00 bits per heavy atom. The molecule has 0 spiro atoms. The van der Waals surface area contributed by atoms with Crippen LogP contribution in [-0.4, -0.2) is 20.3 Å². The first kappa shape index (κ1) is 16.1. The van der Waals surface area contributed by atoms with Crippen LogP contribution in [0.15, 0.2) is 12.1 Å². The molecule has 0 bridgehead atoms. The number of nitrogens with one attached hydrogen (secondary N) is 1. The first-order valence-corrected chi connectivity index (χ1v) is 7.16. The van der Waals surface area contributed by atoms with Gasteiger partial charge in [-0.05, 0) is 37.4 Å². The van der Waals surface area contributed by atoms with Crippen molar-refractivity contribution in [3.63, 3.8) is 0 Å². The summed E-state index contributed by atoms with van der Waals surface area (Å²) in [7, 11) is 1.62. The summed E-state index contributed by atoms with van der Waals surface area (Å²) in [4.78, 5) is 0. The van der Waals surface area contributed by atoms with E-state index < -0.39 is 0 Å². The number of ether oxygens (including phenoxy) is 2. The standard InChI is InChI=1S/C15H24ClNO2/c1-5-19-15-8-12(10-17-7-6-11(2)3)13(16)9-14(15)18-4/h8-9,11,17H,5-7,10H2,1-4H3. The van der Waals surface area contributed by atoms with Gasteiger partial charge in [0.15, 0.2) is 11.5 Å². The predicted octanol–water partition coefficient (Wildman–Crippen LogP) is 3.88. The molecule has 3 nitrogen and oxygen atoms in total. The smallest absolute Gasteiger partial charge is 0.162 e. The van der Waals surface area contributed by atoms with Crippen LogP contribution in [0.5, 0.6) is 11.5 Å². The van der Waals surface area contributed by atoms with Crippen LogP contribution in [0, 0.1) is 5.92 Å². The Hall–Kier alpha value is -0.930. The van der Waals surface area contributed by atoms with Crippen molar-refractivity contribution in [3.05, 3.63) is 22.7 Å². The minimum atomic E-state index is 0.609. The molecule has 0 aliphatic carbocycles. The number of benzene rings is 1. The molecular weight excluding hydrogens is 262 g/mol. The molecule has 0 aliphatic heterocycles. The van der Waals surface area contributed by atoms with Crippen LogP contribution >= 0.6 is 11.6 Å². The summed E-state index contributed by atoms with van der Waals surface area (Å²) in [5.74, 6) is 2.13. The fourth-order valence-electron chi connectivity index (χ4n) is 1.75. The molecule has 0 saturated heterocycles. The fourth-order valence-corrected chi connectivity index (χ4v) is 1.97. The summed E-state index contributed by atoms with van der Waals surface area (Å²) in [6, 6.07) is 3.76. The molecule has 1 aromatic rings. The molecule has 0 amide bonds. The molecule has 0 unspecified atom stereocenters. The lowest BCUT2D eigenvalue weighted by Gasteiger charge is -2.13. The van der Waals surface area contributed by atoms with E-state index in [0.29, 0.717) is 23.3 Å². The molecule has 108 valence electrons. The summed E-state index contributed by atoms with van der Waals surface area (Å²) in [6.07, 6.45) is 1.16. The van der Waals surface area contributed by atoms with Crippen LogP contribution in [0.1, 0.15) is 32.8 Å². The lowest BCUT2D eigenvalue weighted by Crippen LogP contribution is -2.16. The maximum Gasteiger partial charge on any atom is 0.162 e. The van der Waals surface area contributed by atoms with Gasteiger partial charge in [-0.15, -0.1) is 0 Å². The van der Waals surface area contributed by atoms with Gasteiger partial charge >= 0.3 is 0 Å². The quantitative estimate of drug-likeness (QED) is 0.735. The third kappa shape index (κ3) is 5.29. The Morgan fingerprint density at radius 1 is 1.26 bits per heavy atom. The Bertz CT molecular complexity index is 394. The second-order valence-electron chi connectivity index (χ2n) is 4.89. The maximum absolute atomic E-state index is 6.25. The highest BCUT2D eigenvalue weighted by Gasteiger charge is 2.10. The second kappa shape index (κ2) is 8.28. The third-order valence-electron chi connectivity index (χ3n) is 2.85. The monoisotopic (exact) mass is 285 g/mol. The molecule has 0 radical (unpaired) electrons. The van der Waals surface area contributed by atoms with Crippen LogP contribution < -0.4 is 14.8 Å². The van der Waals surface area contributed by atoms with Gasteiger partial charge in [0, 0.05) is 17.6 Å². The lowest BCUT2D eigenvalue weighted by molar-refractivity contribution is 0.310. The Morgan fingerprint density at radius 3 is 2.58 bits per heavy atom. The molecule has 0 heterocycles. The topological polar surface area (TPSA) is 30.5 Å². The summed E-state index contributed by atoms with van der Waals surface area (Å²) >= 11 is 6.25. The van der Waals surface area contributed by atoms with Gasteiger partial charge in [-0.2, -0.15) is 0 Å². The van der Waals surface area contributed by atoms with E-state index in [0.717, 1.165) is 30.8 Å². The van der Waals surface area contributed by atoms with Gasteiger partial charge in [0.1, 0.15) is 0 Å². The van der Waals surface area contributed by atoms with Crippen LogP contribution in [0.3, 0.4) is 0 Å². The summed E-state index contributed by atoms with van der Waals surface area (Å²) in [6.45, 7) is 8.73. The average molecular weight is 286 g/mol. The Labute approximate surface area is 121 Å². The van der Waals surface area contributed by atoms with Crippen molar-refractivity contribution in [2.75, 3.05) is 20.3 Å². The van der Waals surface area contributed by atoms with E-state index in [2.05, 4.69) is 19.2 Å². The first-order valence-electron chi connectivity index (χ1n) is 6.78. The van der Waals surface area contributed by atoms with Gasteiger partial charge in [0.05, 0.1) is 13.7 Å². The van der Waals surface area contributed by atoms with E-state index in [4.69, 9.17) is 21.1 Å². The van der Waals surface area contributed by atoms with Crippen molar-refractivity contribution in [2.24, 2.45) is 5.92 Å². The molecule has 1 aromatic carbocycles. The molecule has 0 saturated carbocycles. The minimum Gasteiger partial charge on any atom is -0.493 e. The molecule has 19 heavy (non-hydrogen) atoms. The highest BCUT2D eigenvalue weighted by Crippen LogP contribution is 2.33. The highest BCUT2D eigenvalue weighted by molar-refractivity contribution is 6.31. The van der Waals surface area contributed by atoms with Gasteiger partial charge in [-0.3, -0.25) is 0 Å². The van der Waals surface area contributed by atoms with Crippen molar-refractivity contribution >= 4 is 11.6 Å². The fraction of sp³-hybridized carbons (Fsp3) is 0.600. The highest BCUT2D eigenvalue weighted by atomic mass is 35.5. The molecule has 0 fully saturated rings. The van der Waals surface area contributed by atoms with Crippen molar-refractivity contribution in [1.82, 2.24) is 5.32 Å². The zero-order valence-corrected chi connectivity index (χ0v) is 13.0. The first-order chi connectivity index (χ1) is 9.08. The third-order valence-corrected chi connectivity index (χ3v) is 3.20. The Kier molecular flexibility index (Phi) is 7.03. The molecule has 0 aromatic heterocycles. The van der Waals surface area contributed by atoms with E-state index in [1.165, 1.54) is 0 Å². The molecule has 1 N–H and O–H groups in total. The lowest BCUT2D eigenvalue weighted by atomic mass is 10.1. The van der Waals surface area contributed by atoms with E-state index in [1.807, 2.05) is 19.1 Å². The summed E-state index contributed by atoms with van der Waals surface area (Å²) < 4.78 is 10.8. The van der Waals surface area contributed by atoms with Gasteiger partial charge in [0.2, 0.25) is 0 Å². The number of halogens is 1. The zero-order chi connectivity index (χ0) is 14.3. The minimum absolute atomic E-state index is 0.609. The molecule has 4 heteroatoms. The summed E-state index contributed by atoms with van der Waals surface area (Å²) in [5, 5.41) is 4.11. The van der Waals surface area contributed by atoms with E-state index in [9.17, 15) is 0 Å². The van der Waals surface area contributed by atoms with Crippen molar-refractivity contribution in [3.8, 4) is 11.5 Å². The Balaban J connectivity index is 2.69. The molecular formula is C15H24ClNO2. The molecule has 1 rings (SSSR count). The van der Waals surface area contributed by atoms with Gasteiger partial charge in [0.25, 0.3) is 0 Å². The van der Waals surface area contributed by atoms with Gasteiger partial charge in [-0.25, -0.2) is 0 Å².